The number of anilines is 1. The van der Waals surface area contributed by atoms with Crippen LogP contribution in [0.3, 0.4) is 0 Å². The second kappa shape index (κ2) is 7.34. The Morgan fingerprint density at radius 1 is 1.41 bits per heavy atom. The van der Waals surface area contributed by atoms with E-state index in [4.69, 9.17) is 28.2 Å². The Morgan fingerprint density at radius 3 is 2.86 bits per heavy atom. The Hall–Kier alpha value is -2.59. The summed E-state index contributed by atoms with van der Waals surface area (Å²) >= 11 is 11.3. The lowest BCUT2D eigenvalue weighted by atomic mass is 9.95. The van der Waals surface area contributed by atoms with Gasteiger partial charge >= 0.3 is 6.01 Å². The van der Waals surface area contributed by atoms with Crippen molar-refractivity contribution in [3.63, 3.8) is 0 Å². The highest BCUT2D eigenvalue weighted by Gasteiger charge is 2.33. The van der Waals surface area contributed by atoms with Gasteiger partial charge in [0.1, 0.15) is 11.6 Å². The highest BCUT2D eigenvalue weighted by molar-refractivity contribution is 7.71. The molecule has 0 saturated carbocycles. The summed E-state index contributed by atoms with van der Waals surface area (Å²) in [7, 11) is 1.75. The number of aromatic nitrogens is 4. The lowest BCUT2D eigenvalue weighted by Crippen LogP contribution is -2.17. The van der Waals surface area contributed by atoms with Gasteiger partial charge < -0.3 is 13.6 Å². The largest absolute Gasteiger partial charge is 0.408 e. The number of carbonyl (C=O) groups is 1. The second-order valence-corrected chi connectivity index (χ2v) is 7.63. The minimum atomic E-state index is -0.760. The summed E-state index contributed by atoms with van der Waals surface area (Å²) in [6.45, 7) is 1.92. The minimum absolute atomic E-state index is 0.00285. The van der Waals surface area contributed by atoms with E-state index in [0.29, 0.717) is 29.3 Å². The molecule has 3 heterocycles. The summed E-state index contributed by atoms with van der Waals surface area (Å²) in [6.07, 6.45) is 0.331. The predicted octanol–water partition coefficient (Wildman–Crippen LogP) is 3.70. The van der Waals surface area contributed by atoms with Crippen LogP contribution in [0, 0.1) is 23.3 Å². The fourth-order valence-corrected chi connectivity index (χ4v) is 4.15. The standard InChI is InChI=1S/C18H16ClF2N5O2S/c1-8-23-24-17(28-8)22-14(27)6-12-13-5-9(7-26(13)18(29)25(12)2)15-11(20)4-3-10(19)16(15)21/h3-4,9H,5-7H2,1-2H3,(H,22,24,27)/t9-/m1/s1. The molecule has 3 aromatic rings. The second-order valence-electron chi connectivity index (χ2n) is 6.85. The van der Waals surface area contributed by atoms with Gasteiger partial charge in [0, 0.05) is 43.4 Å². The third-order valence-corrected chi connectivity index (χ3v) is 5.80. The fraction of sp³-hybridized carbons (Fsp3) is 0.333. The first-order valence-electron chi connectivity index (χ1n) is 8.77. The number of aryl methyl sites for hydroxylation is 1. The molecule has 152 valence electrons. The van der Waals surface area contributed by atoms with E-state index >= 15 is 0 Å². The molecular weight excluding hydrogens is 424 g/mol. The van der Waals surface area contributed by atoms with Crippen LogP contribution in [0.25, 0.3) is 0 Å². The maximum atomic E-state index is 14.5. The van der Waals surface area contributed by atoms with Crippen molar-refractivity contribution in [2.45, 2.75) is 32.2 Å². The average molecular weight is 440 g/mol. The Labute approximate surface area is 174 Å². The van der Waals surface area contributed by atoms with E-state index in [1.54, 1.807) is 23.1 Å². The van der Waals surface area contributed by atoms with Crippen LogP contribution in [-0.4, -0.2) is 25.2 Å². The van der Waals surface area contributed by atoms with E-state index in [-0.39, 0.29) is 28.9 Å². The summed E-state index contributed by atoms with van der Waals surface area (Å²) in [6, 6.07) is 2.35. The lowest BCUT2D eigenvalue weighted by Gasteiger charge is -2.14. The third kappa shape index (κ3) is 3.46. The highest BCUT2D eigenvalue weighted by atomic mass is 35.5. The van der Waals surface area contributed by atoms with Gasteiger partial charge in [0.25, 0.3) is 0 Å². The Balaban J connectivity index is 1.62. The molecule has 1 aromatic carbocycles. The molecule has 4 rings (SSSR count). The van der Waals surface area contributed by atoms with Gasteiger partial charge in [-0.05, 0) is 30.8 Å². The van der Waals surface area contributed by atoms with E-state index in [1.807, 2.05) is 0 Å². The molecule has 7 nitrogen and oxygen atoms in total. The van der Waals surface area contributed by atoms with Gasteiger partial charge in [-0.3, -0.25) is 10.1 Å². The topological polar surface area (TPSA) is 77.9 Å². The lowest BCUT2D eigenvalue weighted by molar-refractivity contribution is -0.115. The average Bonchev–Trinajstić information content (AvgIpc) is 3.33. The molecule has 1 aliphatic heterocycles. The maximum absolute atomic E-state index is 14.5. The summed E-state index contributed by atoms with van der Waals surface area (Å²) < 4.78 is 38.0. The number of fused-ring (bicyclic) bond motifs is 1. The quantitative estimate of drug-likeness (QED) is 0.495. The van der Waals surface area contributed by atoms with Crippen LogP contribution in [0.1, 0.15) is 28.8 Å². The van der Waals surface area contributed by atoms with E-state index < -0.39 is 17.6 Å². The normalized spacial score (nSPS) is 15.6. The number of hydrogen-bond donors (Lipinski definition) is 1. The molecule has 0 unspecified atom stereocenters. The Morgan fingerprint density at radius 2 is 2.17 bits per heavy atom. The SMILES string of the molecule is Cc1nnc(NC(=O)Cc2c3n(c(=S)n2C)C[C@H](c2c(F)ccc(Cl)c2F)C3)o1. The number of amides is 1. The van der Waals surface area contributed by atoms with Crippen LogP contribution in [-0.2, 0) is 31.2 Å². The van der Waals surface area contributed by atoms with Crippen molar-refractivity contribution < 1.29 is 18.0 Å². The number of imidazole rings is 1. The molecule has 0 radical (unpaired) electrons. The van der Waals surface area contributed by atoms with Gasteiger partial charge in [-0.15, -0.1) is 5.10 Å². The number of benzene rings is 1. The number of nitrogens with one attached hydrogen (secondary N) is 1. The molecule has 1 amide bonds. The van der Waals surface area contributed by atoms with Crippen LogP contribution >= 0.6 is 23.8 Å². The molecule has 0 fully saturated rings. The van der Waals surface area contributed by atoms with Gasteiger partial charge in [0.15, 0.2) is 4.77 Å². The number of hydrogen-bond acceptors (Lipinski definition) is 5. The summed E-state index contributed by atoms with van der Waals surface area (Å²) in [5.41, 5.74) is 1.36. The van der Waals surface area contributed by atoms with Crippen LogP contribution in [0.4, 0.5) is 14.8 Å². The molecule has 2 aromatic heterocycles. The Kier molecular flexibility index (Phi) is 4.99. The van der Waals surface area contributed by atoms with Crippen molar-refractivity contribution in [3.8, 4) is 0 Å². The van der Waals surface area contributed by atoms with Crippen LogP contribution < -0.4 is 5.32 Å². The van der Waals surface area contributed by atoms with Crippen LogP contribution in [0.15, 0.2) is 16.5 Å². The predicted molar refractivity (Wildman–Crippen MR) is 103 cm³/mol. The molecule has 1 atom stereocenters. The van der Waals surface area contributed by atoms with Crippen LogP contribution in [0.5, 0.6) is 0 Å². The van der Waals surface area contributed by atoms with E-state index in [9.17, 15) is 13.6 Å². The first kappa shape index (κ1) is 19.7. The first-order valence-corrected chi connectivity index (χ1v) is 9.55. The van der Waals surface area contributed by atoms with Crippen molar-refractivity contribution in [1.29, 1.82) is 0 Å². The van der Waals surface area contributed by atoms with E-state index in [1.165, 1.54) is 6.07 Å². The van der Waals surface area contributed by atoms with Crippen molar-refractivity contribution >= 4 is 35.7 Å². The van der Waals surface area contributed by atoms with Crippen molar-refractivity contribution in [3.05, 3.63) is 56.4 Å². The number of nitrogens with zero attached hydrogens (tertiary/aromatic N) is 4. The zero-order valence-corrected chi connectivity index (χ0v) is 17.1. The molecule has 0 aliphatic carbocycles. The Bertz CT molecular complexity index is 1190. The van der Waals surface area contributed by atoms with Crippen LogP contribution in [0.2, 0.25) is 5.02 Å². The smallest absolute Gasteiger partial charge is 0.322 e. The molecule has 1 N–H and O–H groups in total. The van der Waals surface area contributed by atoms with Crippen molar-refractivity contribution in [1.82, 2.24) is 19.3 Å². The molecule has 0 bridgehead atoms. The molecule has 0 spiro atoms. The zero-order chi connectivity index (χ0) is 20.9. The first-order chi connectivity index (χ1) is 13.8. The van der Waals surface area contributed by atoms with E-state index in [0.717, 1.165) is 11.8 Å². The summed E-state index contributed by atoms with van der Waals surface area (Å²) in [4.78, 5) is 12.4. The van der Waals surface area contributed by atoms with Crippen molar-refractivity contribution in [2.75, 3.05) is 5.32 Å². The van der Waals surface area contributed by atoms with Gasteiger partial charge in [0.05, 0.1) is 11.4 Å². The molecular formula is C18H16ClF2N5O2S. The molecule has 29 heavy (non-hydrogen) atoms. The van der Waals surface area contributed by atoms with Gasteiger partial charge in [-0.2, -0.15) is 0 Å². The molecule has 0 saturated heterocycles. The van der Waals surface area contributed by atoms with E-state index in [2.05, 4.69) is 15.5 Å². The summed E-state index contributed by atoms with van der Waals surface area (Å²) in [5.74, 6) is -1.91. The highest BCUT2D eigenvalue weighted by Crippen LogP contribution is 2.37. The third-order valence-electron chi connectivity index (χ3n) is 5.01. The summed E-state index contributed by atoms with van der Waals surface area (Å²) in [5, 5.41) is 9.79. The molecule has 1 aliphatic rings. The van der Waals surface area contributed by atoms with Crippen molar-refractivity contribution in [2.24, 2.45) is 7.05 Å². The number of rotatable bonds is 4. The van der Waals surface area contributed by atoms with Gasteiger partial charge in [0.2, 0.25) is 11.8 Å². The number of halogens is 3. The molecule has 11 heteroatoms. The van der Waals surface area contributed by atoms with Gasteiger partial charge in [-0.1, -0.05) is 16.7 Å². The zero-order valence-electron chi connectivity index (χ0n) is 15.5. The monoisotopic (exact) mass is 439 g/mol. The maximum Gasteiger partial charge on any atom is 0.322 e. The van der Waals surface area contributed by atoms with Gasteiger partial charge in [-0.25, -0.2) is 8.78 Å². The minimum Gasteiger partial charge on any atom is -0.408 e. The fourth-order valence-electron chi connectivity index (χ4n) is 3.69. The number of carbonyl (C=O) groups excluding carboxylic acids is 1.